The maximum Gasteiger partial charge on any atom is 0.341 e. The molecule has 0 fully saturated rings. The second kappa shape index (κ2) is 7.48. The third-order valence-corrected chi connectivity index (χ3v) is 4.32. The number of carbonyl (C=O) groups is 1. The summed E-state index contributed by atoms with van der Waals surface area (Å²) in [5.74, 6) is 0.390. The summed E-state index contributed by atoms with van der Waals surface area (Å²) in [5, 5.41) is 0.484. The van der Waals surface area contributed by atoms with Crippen molar-refractivity contribution in [3.05, 3.63) is 34.7 Å². The first kappa shape index (κ1) is 17.3. The zero-order chi connectivity index (χ0) is 17.0. The van der Waals surface area contributed by atoms with E-state index in [0.717, 1.165) is 21.8 Å². The normalized spacial score (nSPS) is 10.8. The number of nitrogens with two attached hydrogens (primary N) is 1. The van der Waals surface area contributed by atoms with Gasteiger partial charge in [-0.25, -0.2) is 4.79 Å². The highest BCUT2D eigenvalue weighted by Gasteiger charge is 2.24. The first-order valence-corrected chi connectivity index (χ1v) is 8.17. The molecule has 0 unspecified atom stereocenters. The molecule has 1 aromatic heterocycles. The van der Waals surface area contributed by atoms with Crippen LogP contribution in [0.1, 0.15) is 22.2 Å². The van der Waals surface area contributed by atoms with E-state index in [0.29, 0.717) is 23.7 Å². The van der Waals surface area contributed by atoms with Crippen LogP contribution >= 0.6 is 11.3 Å². The molecule has 0 bridgehead atoms. The number of thiophene rings is 1. The third kappa shape index (κ3) is 3.83. The average molecular weight is 334 g/mol. The topological polar surface area (TPSA) is 64.8 Å². The zero-order valence-electron chi connectivity index (χ0n) is 13.9. The smallest absolute Gasteiger partial charge is 0.341 e. The van der Waals surface area contributed by atoms with Crippen molar-refractivity contribution in [2.24, 2.45) is 0 Å². The van der Waals surface area contributed by atoms with Crippen LogP contribution in [0.25, 0.3) is 11.1 Å². The number of rotatable bonds is 6. The highest BCUT2D eigenvalue weighted by atomic mass is 32.1. The fourth-order valence-corrected chi connectivity index (χ4v) is 3.59. The number of hydrogen-bond donors (Lipinski definition) is 1. The molecule has 1 aromatic carbocycles. The molecule has 0 saturated carbocycles. The van der Waals surface area contributed by atoms with Gasteiger partial charge in [0.25, 0.3) is 0 Å². The SMILES string of the molecule is CCOc1ccc(-c2c(CN(C)C)sc(N)c2C(=O)OC)cc1. The van der Waals surface area contributed by atoms with Crippen molar-refractivity contribution in [3.8, 4) is 16.9 Å². The first-order chi connectivity index (χ1) is 11.0. The monoisotopic (exact) mass is 334 g/mol. The number of benzene rings is 1. The van der Waals surface area contributed by atoms with Gasteiger partial charge in [-0.3, -0.25) is 0 Å². The van der Waals surface area contributed by atoms with Crippen LogP contribution in [0.5, 0.6) is 5.75 Å². The molecule has 0 saturated heterocycles. The summed E-state index contributed by atoms with van der Waals surface area (Å²) in [6.07, 6.45) is 0. The van der Waals surface area contributed by atoms with Crippen LogP contribution in [0.15, 0.2) is 24.3 Å². The Labute approximate surface area is 140 Å². The Morgan fingerprint density at radius 3 is 2.43 bits per heavy atom. The molecule has 1 heterocycles. The minimum absolute atomic E-state index is 0.410. The molecule has 2 aromatic rings. The molecule has 23 heavy (non-hydrogen) atoms. The summed E-state index contributed by atoms with van der Waals surface area (Å²) in [6, 6.07) is 7.68. The van der Waals surface area contributed by atoms with E-state index in [-0.39, 0.29) is 0 Å². The third-order valence-electron chi connectivity index (χ3n) is 3.31. The van der Waals surface area contributed by atoms with Crippen molar-refractivity contribution in [3.63, 3.8) is 0 Å². The molecule has 2 N–H and O–H groups in total. The maximum absolute atomic E-state index is 12.2. The number of ether oxygens (including phenoxy) is 2. The van der Waals surface area contributed by atoms with E-state index in [1.165, 1.54) is 18.4 Å². The first-order valence-electron chi connectivity index (χ1n) is 7.35. The zero-order valence-corrected chi connectivity index (χ0v) is 14.7. The van der Waals surface area contributed by atoms with E-state index in [2.05, 4.69) is 0 Å². The van der Waals surface area contributed by atoms with Crippen LogP contribution < -0.4 is 10.5 Å². The van der Waals surface area contributed by atoms with E-state index < -0.39 is 5.97 Å². The molecule has 0 aliphatic carbocycles. The van der Waals surface area contributed by atoms with Gasteiger partial charge >= 0.3 is 5.97 Å². The molecular weight excluding hydrogens is 312 g/mol. The molecule has 6 heteroatoms. The summed E-state index contributed by atoms with van der Waals surface area (Å²) < 4.78 is 10.4. The highest BCUT2D eigenvalue weighted by Crippen LogP contribution is 2.40. The van der Waals surface area contributed by atoms with E-state index >= 15 is 0 Å². The molecule has 0 amide bonds. The number of methoxy groups -OCH3 is 1. The van der Waals surface area contributed by atoms with Gasteiger partial charge in [-0.1, -0.05) is 12.1 Å². The second-order valence-corrected chi connectivity index (χ2v) is 6.46. The van der Waals surface area contributed by atoms with Crippen molar-refractivity contribution in [2.45, 2.75) is 13.5 Å². The van der Waals surface area contributed by atoms with Gasteiger partial charge in [-0.05, 0) is 38.7 Å². The number of hydrogen-bond acceptors (Lipinski definition) is 6. The van der Waals surface area contributed by atoms with Gasteiger partial charge in [0.1, 0.15) is 16.3 Å². The molecular formula is C17H22N2O3S. The quantitative estimate of drug-likeness (QED) is 0.822. The van der Waals surface area contributed by atoms with Gasteiger partial charge in [-0.15, -0.1) is 11.3 Å². The average Bonchev–Trinajstić information content (AvgIpc) is 2.83. The van der Waals surface area contributed by atoms with Crippen molar-refractivity contribution < 1.29 is 14.3 Å². The van der Waals surface area contributed by atoms with Gasteiger partial charge in [0.2, 0.25) is 0 Å². The lowest BCUT2D eigenvalue weighted by Crippen LogP contribution is -2.11. The van der Waals surface area contributed by atoms with Gasteiger partial charge in [-0.2, -0.15) is 0 Å². The van der Waals surface area contributed by atoms with Crippen molar-refractivity contribution >= 4 is 22.3 Å². The van der Waals surface area contributed by atoms with Gasteiger partial charge < -0.3 is 20.1 Å². The fraction of sp³-hybridized carbons (Fsp3) is 0.353. The Kier molecular flexibility index (Phi) is 5.63. The summed E-state index contributed by atoms with van der Waals surface area (Å²) in [6.45, 7) is 3.26. The van der Waals surface area contributed by atoms with Crippen LogP contribution in [0.3, 0.4) is 0 Å². The Balaban J connectivity index is 2.54. The van der Waals surface area contributed by atoms with Crippen molar-refractivity contribution in [2.75, 3.05) is 33.5 Å². The molecule has 124 valence electrons. The molecule has 0 aliphatic rings. The minimum Gasteiger partial charge on any atom is -0.494 e. The molecule has 0 spiro atoms. The Hall–Kier alpha value is -2.05. The Bertz CT molecular complexity index is 678. The maximum atomic E-state index is 12.2. The van der Waals surface area contributed by atoms with Crippen molar-refractivity contribution in [1.82, 2.24) is 4.90 Å². The summed E-state index contributed by atoms with van der Waals surface area (Å²) in [7, 11) is 5.33. The molecule has 2 rings (SSSR count). The molecule has 0 radical (unpaired) electrons. The predicted octanol–water partition coefficient (Wildman–Crippen LogP) is 3.24. The predicted molar refractivity (Wildman–Crippen MR) is 94.1 cm³/mol. The van der Waals surface area contributed by atoms with E-state index in [9.17, 15) is 4.79 Å². The van der Waals surface area contributed by atoms with Crippen LogP contribution in [-0.4, -0.2) is 38.7 Å². The summed E-state index contributed by atoms with van der Waals surface area (Å²) >= 11 is 1.43. The molecule has 5 nitrogen and oxygen atoms in total. The fourth-order valence-electron chi connectivity index (χ4n) is 2.39. The second-order valence-electron chi connectivity index (χ2n) is 5.33. The van der Waals surface area contributed by atoms with Crippen LogP contribution in [0, 0.1) is 0 Å². The summed E-state index contributed by atoms with van der Waals surface area (Å²) in [5.41, 5.74) is 8.30. The highest BCUT2D eigenvalue weighted by molar-refractivity contribution is 7.17. The number of nitrogens with zero attached hydrogens (tertiary/aromatic N) is 1. The van der Waals surface area contributed by atoms with Crippen LogP contribution in [0.2, 0.25) is 0 Å². The lowest BCUT2D eigenvalue weighted by Gasteiger charge is -2.12. The lowest BCUT2D eigenvalue weighted by atomic mass is 10.0. The van der Waals surface area contributed by atoms with E-state index in [1.54, 1.807) is 0 Å². The van der Waals surface area contributed by atoms with E-state index in [4.69, 9.17) is 15.2 Å². The largest absolute Gasteiger partial charge is 0.494 e. The Morgan fingerprint density at radius 2 is 1.91 bits per heavy atom. The Morgan fingerprint density at radius 1 is 1.26 bits per heavy atom. The minimum atomic E-state index is -0.410. The van der Waals surface area contributed by atoms with Crippen LogP contribution in [0.4, 0.5) is 5.00 Å². The lowest BCUT2D eigenvalue weighted by molar-refractivity contribution is 0.0603. The number of carbonyl (C=O) groups excluding carboxylic acids is 1. The standard InChI is InChI=1S/C17H22N2O3S/c1-5-22-12-8-6-11(7-9-12)14-13(10-19(2)3)23-16(18)15(14)17(20)21-4/h6-9H,5,10,18H2,1-4H3. The molecule has 0 aliphatic heterocycles. The van der Waals surface area contributed by atoms with Gasteiger partial charge in [0.15, 0.2) is 0 Å². The molecule has 0 atom stereocenters. The number of anilines is 1. The van der Waals surface area contributed by atoms with E-state index in [1.807, 2.05) is 50.2 Å². The van der Waals surface area contributed by atoms with Crippen molar-refractivity contribution in [1.29, 1.82) is 0 Å². The van der Waals surface area contributed by atoms with Crippen LogP contribution in [-0.2, 0) is 11.3 Å². The van der Waals surface area contributed by atoms with Gasteiger partial charge in [0, 0.05) is 17.0 Å². The summed E-state index contributed by atoms with van der Waals surface area (Å²) in [4.78, 5) is 15.2. The van der Waals surface area contributed by atoms with Gasteiger partial charge in [0.05, 0.1) is 13.7 Å². The number of nitrogen functional groups attached to an aromatic ring is 1. The number of esters is 1.